The first-order valence-electron chi connectivity index (χ1n) is 6.06. The van der Waals surface area contributed by atoms with Crippen LogP contribution >= 0.6 is 11.3 Å². The minimum absolute atomic E-state index is 0.0211. The van der Waals surface area contributed by atoms with Gasteiger partial charge in [0.1, 0.15) is 0 Å². The maximum absolute atomic E-state index is 12.6. The Labute approximate surface area is 114 Å². The van der Waals surface area contributed by atoms with Crippen LogP contribution in [0.15, 0.2) is 53.8 Å². The Bertz CT molecular complexity index is 848. The van der Waals surface area contributed by atoms with Crippen molar-refractivity contribution in [2.24, 2.45) is 0 Å². The van der Waals surface area contributed by atoms with Crippen molar-refractivity contribution >= 4 is 37.2 Å². The van der Waals surface area contributed by atoms with Crippen molar-refractivity contribution in [2.75, 3.05) is 5.73 Å². The lowest BCUT2D eigenvalue weighted by Crippen LogP contribution is -2.06. The summed E-state index contributed by atoms with van der Waals surface area (Å²) in [6.07, 6.45) is 2.48. The zero-order valence-electron chi connectivity index (χ0n) is 10.3. The minimum atomic E-state index is 0.0211. The molecule has 2 nitrogen and oxygen atoms in total. The third-order valence-electron chi connectivity index (χ3n) is 3.24. The molecular weight excluding hydrogens is 254 g/mol. The van der Waals surface area contributed by atoms with Gasteiger partial charge >= 0.3 is 0 Å². The van der Waals surface area contributed by atoms with E-state index in [9.17, 15) is 4.79 Å². The van der Waals surface area contributed by atoms with Crippen molar-refractivity contribution in [3.8, 4) is 0 Å². The minimum Gasteiger partial charge on any atom is -0.398 e. The second-order valence-electron chi connectivity index (χ2n) is 4.43. The van der Waals surface area contributed by atoms with Crippen LogP contribution in [-0.2, 0) is 6.42 Å². The van der Waals surface area contributed by atoms with Crippen LogP contribution in [0.1, 0.15) is 5.56 Å². The first kappa shape index (κ1) is 11.9. The summed E-state index contributed by atoms with van der Waals surface area (Å²) in [6.45, 7) is 3.72. The zero-order valence-corrected chi connectivity index (χ0v) is 11.2. The van der Waals surface area contributed by atoms with Crippen molar-refractivity contribution in [3.05, 3.63) is 64.8 Å². The Morgan fingerprint density at radius 1 is 1.16 bits per heavy atom. The van der Waals surface area contributed by atoms with E-state index in [0.717, 1.165) is 20.3 Å². The predicted octanol–water partition coefficient (Wildman–Crippen LogP) is 3.73. The molecule has 0 amide bonds. The lowest BCUT2D eigenvalue weighted by molar-refractivity contribution is 1.29. The molecule has 2 aromatic carbocycles. The van der Waals surface area contributed by atoms with Gasteiger partial charge in [-0.3, -0.25) is 4.79 Å². The SMILES string of the molecule is C=CCc1ccc2sc3ccccc3c(=O)c2c1N. The van der Waals surface area contributed by atoms with E-state index in [1.165, 1.54) is 0 Å². The second kappa shape index (κ2) is 4.52. The smallest absolute Gasteiger partial charge is 0.197 e. The first-order chi connectivity index (χ1) is 9.22. The third kappa shape index (κ3) is 1.83. The van der Waals surface area contributed by atoms with E-state index in [1.54, 1.807) is 17.4 Å². The van der Waals surface area contributed by atoms with E-state index in [1.807, 2.05) is 36.4 Å². The number of hydrogen-bond donors (Lipinski definition) is 1. The fourth-order valence-electron chi connectivity index (χ4n) is 2.29. The number of anilines is 1. The molecule has 0 aliphatic heterocycles. The molecule has 0 bridgehead atoms. The monoisotopic (exact) mass is 267 g/mol. The summed E-state index contributed by atoms with van der Waals surface area (Å²) in [4.78, 5) is 12.6. The van der Waals surface area contributed by atoms with E-state index < -0.39 is 0 Å². The molecule has 19 heavy (non-hydrogen) atoms. The molecule has 0 spiro atoms. The number of nitrogens with two attached hydrogens (primary N) is 1. The molecule has 0 saturated carbocycles. The number of benzene rings is 2. The van der Waals surface area contributed by atoms with Gasteiger partial charge in [0.2, 0.25) is 0 Å². The Kier molecular flexibility index (Phi) is 2.84. The highest BCUT2D eigenvalue weighted by Gasteiger charge is 2.10. The highest BCUT2D eigenvalue weighted by molar-refractivity contribution is 7.24. The Balaban J connectivity index is 2.49. The van der Waals surface area contributed by atoms with Gasteiger partial charge in [0.25, 0.3) is 0 Å². The van der Waals surface area contributed by atoms with E-state index in [4.69, 9.17) is 5.73 Å². The Morgan fingerprint density at radius 2 is 1.95 bits per heavy atom. The molecule has 0 saturated heterocycles. The number of nitrogen functional groups attached to an aromatic ring is 1. The molecule has 94 valence electrons. The fraction of sp³-hybridized carbons (Fsp3) is 0.0625. The van der Waals surface area contributed by atoms with Crippen LogP contribution < -0.4 is 11.2 Å². The van der Waals surface area contributed by atoms with Crippen molar-refractivity contribution in [1.82, 2.24) is 0 Å². The maximum atomic E-state index is 12.6. The average Bonchev–Trinajstić information content (AvgIpc) is 2.42. The number of hydrogen-bond acceptors (Lipinski definition) is 3. The van der Waals surface area contributed by atoms with E-state index in [-0.39, 0.29) is 5.43 Å². The lowest BCUT2D eigenvalue weighted by Gasteiger charge is -2.07. The lowest BCUT2D eigenvalue weighted by atomic mass is 10.1. The van der Waals surface area contributed by atoms with Crippen molar-refractivity contribution < 1.29 is 0 Å². The van der Waals surface area contributed by atoms with Gasteiger partial charge in [-0.1, -0.05) is 24.3 Å². The largest absolute Gasteiger partial charge is 0.398 e. The molecule has 3 aromatic rings. The molecule has 3 heteroatoms. The van der Waals surface area contributed by atoms with Gasteiger partial charge in [-0.25, -0.2) is 0 Å². The summed E-state index contributed by atoms with van der Waals surface area (Å²) >= 11 is 1.60. The van der Waals surface area contributed by atoms with Crippen LogP contribution in [0.25, 0.3) is 20.2 Å². The van der Waals surface area contributed by atoms with Gasteiger partial charge in [0.15, 0.2) is 5.43 Å². The first-order valence-corrected chi connectivity index (χ1v) is 6.88. The van der Waals surface area contributed by atoms with Gasteiger partial charge in [-0.05, 0) is 30.2 Å². The summed E-state index contributed by atoms with van der Waals surface area (Å²) in [6, 6.07) is 11.6. The molecule has 0 atom stereocenters. The maximum Gasteiger partial charge on any atom is 0.197 e. The zero-order chi connectivity index (χ0) is 13.4. The second-order valence-corrected chi connectivity index (χ2v) is 5.52. The molecule has 2 N–H and O–H groups in total. The van der Waals surface area contributed by atoms with E-state index in [2.05, 4.69) is 6.58 Å². The van der Waals surface area contributed by atoms with Crippen molar-refractivity contribution in [3.63, 3.8) is 0 Å². The Hall–Kier alpha value is -2.13. The third-order valence-corrected chi connectivity index (χ3v) is 4.38. The summed E-state index contributed by atoms with van der Waals surface area (Å²) in [5, 5.41) is 1.38. The highest BCUT2D eigenvalue weighted by Crippen LogP contribution is 2.29. The van der Waals surface area contributed by atoms with Crippen LogP contribution in [0.3, 0.4) is 0 Å². The molecule has 0 unspecified atom stereocenters. The molecule has 0 aliphatic rings. The van der Waals surface area contributed by atoms with Gasteiger partial charge in [0, 0.05) is 20.5 Å². The van der Waals surface area contributed by atoms with Gasteiger partial charge in [-0.15, -0.1) is 17.9 Å². The summed E-state index contributed by atoms with van der Waals surface area (Å²) in [5.41, 5.74) is 7.72. The molecular formula is C16H13NOS. The quantitative estimate of drug-likeness (QED) is 0.437. The summed E-state index contributed by atoms with van der Waals surface area (Å²) in [5.74, 6) is 0. The summed E-state index contributed by atoms with van der Waals surface area (Å²) < 4.78 is 1.94. The standard InChI is InChI=1S/C16H13NOS/c1-2-5-10-8-9-13-14(15(10)17)16(18)11-6-3-4-7-12(11)19-13/h2-4,6-9H,1,5,17H2. The van der Waals surface area contributed by atoms with E-state index in [0.29, 0.717) is 17.5 Å². The van der Waals surface area contributed by atoms with Crippen LogP contribution in [0, 0.1) is 0 Å². The van der Waals surface area contributed by atoms with Crippen molar-refractivity contribution in [1.29, 1.82) is 0 Å². The molecule has 0 fully saturated rings. The van der Waals surface area contributed by atoms with Crippen LogP contribution in [0.5, 0.6) is 0 Å². The van der Waals surface area contributed by atoms with E-state index >= 15 is 0 Å². The topological polar surface area (TPSA) is 43.1 Å². The number of fused-ring (bicyclic) bond motifs is 2. The number of rotatable bonds is 2. The van der Waals surface area contributed by atoms with Crippen LogP contribution in [-0.4, -0.2) is 0 Å². The fourth-order valence-corrected chi connectivity index (χ4v) is 3.39. The summed E-state index contributed by atoms with van der Waals surface area (Å²) in [7, 11) is 0. The van der Waals surface area contributed by atoms with Crippen LogP contribution in [0.4, 0.5) is 5.69 Å². The predicted molar refractivity (Wildman–Crippen MR) is 83.9 cm³/mol. The van der Waals surface area contributed by atoms with Gasteiger partial charge in [0.05, 0.1) is 5.39 Å². The highest BCUT2D eigenvalue weighted by atomic mass is 32.1. The van der Waals surface area contributed by atoms with Crippen molar-refractivity contribution in [2.45, 2.75) is 6.42 Å². The molecule has 1 aromatic heterocycles. The average molecular weight is 267 g/mol. The molecule has 1 heterocycles. The number of allylic oxidation sites excluding steroid dienone is 1. The molecule has 0 radical (unpaired) electrons. The molecule has 0 aliphatic carbocycles. The van der Waals surface area contributed by atoms with Gasteiger partial charge < -0.3 is 5.73 Å². The normalized spacial score (nSPS) is 10.9. The van der Waals surface area contributed by atoms with Crippen LogP contribution in [0.2, 0.25) is 0 Å². The molecule has 3 rings (SSSR count). The van der Waals surface area contributed by atoms with Gasteiger partial charge in [-0.2, -0.15) is 0 Å². The Morgan fingerprint density at radius 3 is 2.74 bits per heavy atom.